The number of amides is 1. The second-order valence-corrected chi connectivity index (χ2v) is 6.36. The maximum atomic E-state index is 12.8. The van der Waals surface area contributed by atoms with Gasteiger partial charge in [-0.15, -0.1) is 0 Å². The fourth-order valence-electron chi connectivity index (χ4n) is 2.85. The van der Waals surface area contributed by atoms with Gasteiger partial charge in [-0.3, -0.25) is 4.79 Å². The van der Waals surface area contributed by atoms with Gasteiger partial charge in [0.05, 0.1) is 0 Å². The Morgan fingerprint density at radius 3 is 2.56 bits per heavy atom. The van der Waals surface area contributed by atoms with Gasteiger partial charge in [0.2, 0.25) is 5.91 Å². The molecule has 1 rings (SSSR count). The predicted molar refractivity (Wildman–Crippen MR) is 76.5 cm³/mol. The van der Waals surface area contributed by atoms with E-state index in [0.29, 0.717) is 17.9 Å². The maximum absolute atomic E-state index is 12.8. The van der Waals surface area contributed by atoms with Crippen LogP contribution >= 0.6 is 0 Å². The second kappa shape index (κ2) is 6.55. The molecular formula is C15H30N2O. The van der Waals surface area contributed by atoms with Gasteiger partial charge in [-0.2, -0.15) is 0 Å². The SMILES string of the molecule is CCCN(C(=O)C(C)(C)C1CCCNC1)C(C)C. The Morgan fingerprint density at radius 2 is 2.11 bits per heavy atom. The molecule has 0 spiro atoms. The molecule has 3 nitrogen and oxygen atoms in total. The van der Waals surface area contributed by atoms with Crippen molar-refractivity contribution in [1.82, 2.24) is 10.2 Å². The van der Waals surface area contributed by atoms with Crippen LogP contribution in [0.2, 0.25) is 0 Å². The highest BCUT2D eigenvalue weighted by atomic mass is 16.2. The smallest absolute Gasteiger partial charge is 0.228 e. The molecule has 1 aliphatic rings. The van der Waals surface area contributed by atoms with Crippen molar-refractivity contribution in [2.75, 3.05) is 19.6 Å². The van der Waals surface area contributed by atoms with E-state index in [-0.39, 0.29) is 5.41 Å². The van der Waals surface area contributed by atoms with Crippen molar-refractivity contribution in [3.05, 3.63) is 0 Å². The van der Waals surface area contributed by atoms with Gasteiger partial charge >= 0.3 is 0 Å². The van der Waals surface area contributed by atoms with Crippen molar-refractivity contribution >= 4 is 5.91 Å². The van der Waals surface area contributed by atoms with Crippen LogP contribution in [0.15, 0.2) is 0 Å². The van der Waals surface area contributed by atoms with E-state index < -0.39 is 0 Å². The number of hydrogen-bond donors (Lipinski definition) is 1. The van der Waals surface area contributed by atoms with E-state index in [2.05, 4.69) is 44.8 Å². The van der Waals surface area contributed by atoms with Crippen molar-refractivity contribution in [3.63, 3.8) is 0 Å². The molecule has 1 unspecified atom stereocenters. The Kier molecular flexibility index (Phi) is 5.64. The Morgan fingerprint density at radius 1 is 1.44 bits per heavy atom. The third kappa shape index (κ3) is 3.47. The fourth-order valence-corrected chi connectivity index (χ4v) is 2.85. The molecule has 106 valence electrons. The minimum Gasteiger partial charge on any atom is -0.340 e. The lowest BCUT2D eigenvalue weighted by molar-refractivity contribution is -0.145. The normalized spacial score (nSPS) is 21.1. The van der Waals surface area contributed by atoms with Gasteiger partial charge in [-0.05, 0) is 52.1 Å². The van der Waals surface area contributed by atoms with E-state index in [9.17, 15) is 4.79 Å². The monoisotopic (exact) mass is 254 g/mol. The molecule has 1 atom stereocenters. The van der Waals surface area contributed by atoms with Crippen LogP contribution in [-0.2, 0) is 4.79 Å². The number of hydrogen-bond acceptors (Lipinski definition) is 2. The van der Waals surface area contributed by atoms with Gasteiger partial charge in [-0.1, -0.05) is 20.8 Å². The summed E-state index contributed by atoms with van der Waals surface area (Å²) in [5.41, 5.74) is -0.243. The van der Waals surface area contributed by atoms with Crippen LogP contribution in [0.3, 0.4) is 0 Å². The molecule has 1 amide bonds. The molecule has 18 heavy (non-hydrogen) atoms. The van der Waals surface area contributed by atoms with E-state index in [0.717, 1.165) is 26.1 Å². The van der Waals surface area contributed by atoms with Crippen molar-refractivity contribution in [2.45, 2.75) is 59.9 Å². The minimum absolute atomic E-state index is 0.243. The van der Waals surface area contributed by atoms with Crippen LogP contribution in [-0.4, -0.2) is 36.5 Å². The highest BCUT2D eigenvalue weighted by Gasteiger charge is 2.40. The minimum atomic E-state index is -0.243. The number of carbonyl (C=O) groups excluding carboxylic acids is 1. The largest absolute Gasteiger partial charge is 0.340 e. The standard InChI is InChI=1S/C15H30N2O/c1-6-10-17(12(2)3)14(18)15(4,5)13-8-7-9-16-11-13/h12-13,16H,6-11H2,1-5H3. The quantitative estimate of drug-likeness (QED) is 0.818. The zero-order valence-corrected chi connectivity index (χ0v) is 12.8. The Balaban J connectivity index is 2.77. The Labute approximate surface area is 112 Å². The third-order valence-corrected chi connectivity index (χ3v) is 4.22. The molecule has 0 aromatic rings. The summed E-state index contributed by atoms with van der Waals surface area (Å²) in [4.78, 5) is 14.8. The lowest BCUT2D eigenvalue weighted by Gasteiger charge is -2.41. The Bertz CT molecular complexity index is 268. The van der Waals surface area contributed by atoms with Gasteiger partial charge < -0.3 is 10.2 Å². The number of carbonyl (C=O) groups is 1. The lowest BCUT2D eigenvalue weighted by atomic mass is 9.73. The Hall–Kier alpha value is -0.570. The molecule has 0 radical (unpaired) electrons. The topological polar surface area (TPSA) is 32.3 Å². The molecule has 0 aromatic carbocycles. The first-order chi connectivity index (χ1) is 8.41. The second-order valence-electron chi connectivity index (χ2n) is 6.36. The average molecular weight is 254 g/mol. The summed E-state index contributed by atoms with van der Waals surface area (Å²) in [7, 11) is 0. The molecule has 0 aromatic heterocycles. The van der Waals surface area contributed by atoms with Crippen LogP contribution in [0.5, 0.6) is 0 Å². The van der Waals surface area contributed by atoms with E-state index in [1.807, 2.05) is 0 Å². The van der Waals surface area contributed by atoms with Crippen molar-refractivity contribution in [1.29, 1.82) is 0 Å². The summed E-state index contributed by atoms with van der Waals surface area (Å²) in [5, 5.41) is 3.43. The summed E-state index contributed by atoms with van der Waals surface area (Å²) in [6, 6.07) is 0.299. The van der Waals surface area contributed by atoms with Gasteiger partial charge in [0.1, 0.15) is 0 Å². The summed E-state index contributed by atoms with van der Waals surface area (Å²) in [6.45, 7) is 13.6. The van der Waals surface area contributed by atoms with Crippen LogP contribution < -0.4 is 5.32 Å². The van der Waals surface area contributed by atoms with Gasteiger partial charge in [-0.25, -0.2) is 0 Å². The van der Waals surface area contributed by atoms with E-state index in [1.165, 1.54) is 12.8 Å². The number of rotatable bonds is 5. The molecule has 1 heterocycles. The molecular weight excluding hydrogens is 224 g/mol. The molecule has 1 aliphatic heterocycles. The summed E-state index contributed by atoms with van der Waals surface area (Å²) < 4.78 is 0. The van der Waals surface area contributed by atoms with E-state index in [4.69, 9.17) is 0 Å². The summed E-state index contributed by atoms with van der Waals surface area (Å²) in [5.74, 6) is 0.796. The van der Waals surface area contributed by atoms with Crippen molar-refractivity contribution in [3.8, 4) is 0 Å². The third-order valence-electron chi connectivity index (χ3n) is 4.22. The highest BCUT2D eigenvalue weighted by Crippen LogP contribution is 2.34. The molecule has 3 heteroatoms. The van der Waals surface area contributed by atoms with Crippen LogP contribution in [0.4, 0.5) is 0 Å². The number of nitrogens with zero attached hydrogens (tertiary/aromatic N) is 1. The van der Waals surface area contributed by atoms with Crippen LogP contribution in [0.1, 0.15) is 53.9 Å². The van der Waals surface area contributed by atoms with Gasteiger partial charge in [0.25, 0.3) is 0 Å². The molecule has 1 N–H and O–H groups in total. The molecule has 0 bridgehead atoms. The van der Waals surface area contributed by atoms with Crippen molar-refractivity contribution in [2.24, 2.45) is 11.3 Å². The molecule has 0 aliphatic carbocycles. The van der Waals surface area contributed by atoms with Crippen molar-refractivity contribution < 1.29 is 4.79 Å². The summed E-state index contributed by atoms with van der Waals surface area (Å²) >= 11 is 0. The lowest BCUT2D eigenvalue weighted by Crippen LogP contribution is -2.51. The summed E-state index contributed by atoms with van der Waals surface area (Å²) in [6.07, 6.45) is 3.39. The predicted octanol–water partition coefficient (Wildman–Crippen LogP) is 2.66. The number of piperidine rings is 1. The van der Waals surface area contributed by atoms with E-state index in [1.54, 1.807) is 0 Å². The molecule has 1 saturated heterocycles. The molecule has 0 saturated carbocycles. The number of nitrogens with one attached hydrogen (secondary N) is 1. The molecule has 1 fully saturated rings. The van der Waals surface area contributed by atoms with Crippen LogP contribution in [0, 0.1) is 11.3 Å². The first-order valence-corrected chi connectivity index (χ1v) is 7.43. The zero-order valence-electron chi connectivity index (χ0n) is 12.8. The van der Waals surface area contributed by atoms with E-state index >= 15 is 0 Å². The van der Waals surface area contributed by atoms with Gasteiger partial charge in [0.15, 0.2) is 0 Å². The van der Waals surface area contributed by atoms with Crippen LogP contribution in [0.25, 0.3) is 0 Å². The highest BCUT2D eigenvalue weighted by molar-refractivity contribution is 5.82. The maximum Gasteiger partial charge on any atom is 0.228 e. The van der Waals surface area contributed by atoms with Gasteiger partial charge in [0, 0.05) is 18.0 Å². The zero-order chi connectivity index (χ0) is 13.8. The average Bonchev–Trinajstić information content (AvgIpc) is 2.35. The first kappa shape index (κ1) is 15.5. The fraction of sp³-hybridized carbons (Fsp3) is 0.933. The first-order valence-electron chi connectivity index (χ1n) is 7.43.